The highest BCUT2D eigenvalue weighted by Gasteiger charge is 2.32. The van der Waals surface area contributed by atoms with Crippen molar-refractivity contribution in [2.75, 3.05) is 26.4 Å². The molecule has 612 valence electrons. The van der Waals surface area contributed by atoms with Crippen LogP contribution in [0.5, 0.6) is 0 Å². The van der Waals surface area contributed by atoms with Gasteiger partial charge in [-0.15, -0.1) is 0 Å². The van der Waals surface area contributed by atoms with E-state index in [4.69, 9.17) is 29.5 Å². The molecular weight excluding hydrogens is 1350 g/mol. The summed E-state index contributed by atoms with van der Waals surface area (Å²) in [5.41, 5.74) is 5.30. The zero-order valence-corrected chi connectivity index (χ0v) is 72.0. The van der Waals surface area contributed by atoms with Gasteiger partial charge in [0.25, 0.3) is 0 Å². The van der Waals surface area contributed by atoms with Crippen LogP contribution in [-0.2, 0) is 18.9 Å². The van der Waals surface area contributed by atoms with Crippen LogP contribution in [0.1, 0.15) is 325 Å². The summed E-state index contributed by atoms with van der Waals surface area (Å²) in [7, 11) is 0. The SMILES string of the molecule is CC1=C(F)CC(C)CC1.CC1=C(F)CC(C)CC1.CC1CCC(C)(C#N)CC1.CC1CCC(C)(C#N)CC1.CC1CCC(C)(F)CC1.CC1CCC(C)(F)CC1.CC1CCC(C)CC1.CC1COC(C)OC1.CC1COC(C)OC1.Cc1ccc(C)c(F)c1.Cc1ccc(C)c(F)c1F.Cc1ccc(C)cc1. The molecule has 13 heteroatoms. The normalized spacial score (nSPS) is 31.4. The van der Waals surface area contributed by atoms with Gasteiger partial charge in [-0.05, 0) is 312 Å². The Bertz CT molecular complexity index is 2770. The van der Waals surface area contributed by atoms with E-state index in [2.05, 4.69) is 133 Å². The predicted molar refractivity (Wildman–Crippen MR) is 436 cm³/mol. The molecule has 2 unspecified atom stereocenters. The van der Waals surface area contributed by atoms with Crippen molar-refractivity contribution in [3.05, 3.63) is 128 Å². The zero-order chi connectivity index (χ0) is 81.3. The lowest BCUT2D eigenvalue weighted by molar-refractivity contribution is -0.187. The maximum absolute atomic E-state index is 13.0. The van der Waals surface area contributed by atoms with Gasteiger partial charge in [0.2, 0.25) is 0 Å². The van der Waals surface area contributed by atoms with Gasteiger partial charge in [-0.3, -0.25) is 0 Å². The lowest BCUT2D eigenvalue weighted by Gasteiger charge is -2.29. The Balaban J connectivity index is 0.000000584. The molecule has 12 rings (SSSR count). The molecule has 2 heterocycles. The molecule has 3 aromatic rings. The van der Waals surface area contributed by atoms with Crippen LogP contribution in [0, 0.1) is 152 Å². The third-order valence-electron chi connectivity index (χ3n) is 22.7. The van der Waals surface area contributed by atoms with Crippen LogP contribution in [0.4, 0.5) is 30.7 Å². The molecule has 7 aliphatic carbocycles. The fourth-order valence-electron chi connectivity index (χ4n) is 13.0. The fraction of sp³-hybridized carbons (Fsp3) is 0.745. The molecule has 2 aliphatic heterocycles. The molecule has 0 spiro atoms. The minimum atomic E-state index is -0.841. The van der Waals surface area contributed by atoms with Crippen LogP contribution in [0.15, 0.2) is 77.4 Å². The van der Waals surface area contributed by atoms with Crippen LogP contribution in [0.25, 0.3) is 0 Å². The molecular formula is C94H153F7N2O4. The summed E-state index contributed by atoms with van der Waals surface area (Å²) in [6.07, 6.45) is 28.3. The second-order valence-electron chi connectivity index (χ2n) is 35.7. The molecule has 6 nitrogen and oxygen atoms in total. The number of nitrogens with zero attached hydrogens (tertiary/aromatic N) is 2. The maximum Gasteiger partial charge on any atom is 0.161 e. The van der Waals surface area contributed by atoms with Crippen molar-refractivity contribution in [2.24, 2.45) is 70.0 Å². The average molecular weight is 1510 g/mol. The van der Waals surface area contributed by atoms with E-state index >= 15 is 0 Å². The molecule has 2 atom stereocenters. The Morgan fingerprint density at radius 3 is 0.804 bits per heavy atom. The van der Waals surface area contributed by atoms with Crippen molar-refractivity contribution in [2.45, 2.75) is 357 Å². The first-order chi connectivity index (χ1) is 49.9. The van der Waals surface area contributed by atoms with Gasteiger partial charge in [0, 0.05) is 24.7 Å². The number of aryl methyl sites for hydroxylation is 6. The van der Waals surface area contributed by atoms with Gasteiger partial charge in [-0.2, -0.15) is 10.5 Å². The number of allylic oxidation sites excluding steroid dienone is 4. The van der Waals surface area contributed by atoms with Gasteiger partial charge in [0.05, 0.1) is 61.0 Å². The highest BCUT2D eigenvalue weighted by molar-refractivity contribution is 5.24. The van der Waals surface area contributed by atoms with Gasteiger partial charge in [-0.1, -0.05) is 155 Å². The topological polar surface area (TPSA) is 84.5 Å². The Morgan fingerprint density at radius 2 is 0.579 bits per heavy atom. The van der Waals surface area contributed by atoms with E-state index in [1.165, 1.54) is 95.2 Å². The van der Waals surface area contributed by atoms with E-state index in [1.807, 2.05) is 40.7 Å². The highest BCUT2D eigenvalue weighted by atomic mass is 19.2. The third-order valence-corrected chi connectivity index (χ3v) is 22.7. The largest absolute Gasteiger partial charge is 0.353 e. The smallest absolute Gasteiger partial charge is 0.161 e. The second kappa shape index (κ2) is 52.7. The van der Waals surface area contributed by atoms with Crippen molar-refractivity contribution in [1.82, 2.24) is 0 Å². The van der Waals surface area contributed by atoms with Crippen molar-refractivity contribution in [3.8, 4) is 12.1 Å². The highest BCUT2D eigenvalue weighted by Crippen LogP contribution is 2.40. The summed E-state index contributed by atoms with van der Waals surface area (Å²) < 4.78 is 110. The van der Waals surface area contributed by atoms with E-state index in [-0.39, 0.29) is 40.9 Å². The summed E-state index contributed by atoms with van der Waals surface area (Å²) in [4.78, 5) is 0. The molecule has 9 aliphatic rings. The van der Waals surface area contributed by atoms with Crippen molar-refractivity contribution in [1.29, 1.82) is 10.5 Å². The third kappa shape index (κ3) is 47.4. The molecule has 3 aromatic carbocycles. The number of hydrogen-bond donors (Lipinski definition) is 0. The van der Waals surface area contributed by atoms with E-state index < -0.39 is 23.0 Å². The van der Waals surface area contributed by atoms with Crippen LogP contribution >= 0.6 is 0 Å². The summed E-state index contributed by atoms with van der Waals surface area (Å²) in [6.45, 7) is 51.7. The van der Waals surface area contributed by atoms with E-state index in [0.717, 1.165) is 169 Å². The lowest BCUT2D eigenvalue weighted by atomic mass is 9.73. The van der Waals surface area contributed by atoms with Gasteiger partial charge < -0.3 is 18.9 Å². The molecule has 7 fully saturated rings. The summed E-state index contributed by atoms with van der Waals surface area (Å²) in [6, 6.07) is 21.6. The molecule has 0 amide bonds. The predicted octanol–water partition coefficient (Wildman–Crippen LogP) is 29.6. The summed E-state index contributed by atoms with van der Waals surface area (Å²) >= 11 is 0. The zero-order valence-electron chi connectivity index (χ0n) is 72.0. The van der Waals surface area contributed by atoms with Crippen molar-refractivity contribution >= 4 is 0 Å². The summed E-state index contributed by atoms with van der Waals surface area (Å²) in [5, 5.41) is 17.6. The first-order valence-electron chi connectivity index (χ1n) is 41.4. The van der Waals surface area contributed by atoms with Crippen LogP contribution in [0.3, 0.4) is 0 Å². The van der Waals surface area contributed by atoms with Gasteiger partial charge >= 0.3 is 0 Å². The number of hydrogen-bond acceptors (Lipinski definition) is 6. The molecule has 5 saturated carbocycles. The first kappa shape index (κ1) is 100. The van der Waals surface area contributed by atoms with Crippen LogP contribution in [0.2, 0.25) is 0 Å². The minimum absolute atomic E-state index is 0.00646. The van der Waals surface area contributed by atoms with Gasteiger partial charge in [-0.25, -0.2) is 30.7 Å². The minimum Gasteiger partial charge on any atom is -0.353 e. The molecule has 2 saturated heterocycles. The van der Waals surface area contributed by atoms with Crippen LogP contribution < -0.4 is 0 Å². The number of halogens is 7. The quantitative estimate of drug-likeness (QED) is 0.209. The van der Waals surface area contributed by atoms with E-state index in [9.17, 15) is 30.7 Å². The molecule has 0 radical (unpaired) electrons. The molecule has 107 heavy (non-hydrogen) atoms. The van der Waals surface area contributed by atoms with Crippen molar-refractivity contribution in [3.63, 3.8) is 0 Å². The Morgan fingerprint density at radius 1 is 0.327 bits per heavy atom. The van der Waals surface area contributed by atoms with Gasteiger partial charge in [0.15, 0.2) is 24.2 Å². The Hall–Kier alpha value is -4.53. The average Bonchev–Trinajstić information content (AvgIpc) is 0.864. The second-order valence-corrected chi connectivity index (χ2v) is 35.7. The Labute approximate surface area is 650 Å². The van der Waals surface area contributed by atoms with Crippen LogP contribution in [-0.4, -0.2) is 50.3 Å². The van der Waals surface area contributed by atoms with E-state index in [1.54, 1.807) is 39.0 Å². The number of nitriles is 2. The summed E-state index contributed by atoms with van der Waals surface area (Å²) in [5.74, 6) is 6.21. The first-order valence-corrected chi connectivity index (χ1v) is 41.4. The number of ether oxygens (including phenoxy) is 4. The van der Waals surface area contributed by atoms with Gasteiger partial charge in [0.1, 0.15) is 17.2 Å². The molecule has 0 aromatic heterocycles. The monoisotopic (exact) mass is 1510 g/mol. The maximum atomic E-state index is 13.0. The molecule has 0 N–H and O–H groups in total. The number of alkyl halides is 2. The number of benzene rings is 3. The Kier molecular flexibility index (Phi) is 49.4. The number of rotatable bonds is 0. The lowest BCUT2D eigenvalue weighted by Crippen LogP contribution is -2.27. The van der Waals surface area contributed by atoms with Crippen molar-refractivity contribution < 1.29 is 49.7 Å². The van der Waals surface area contributed by atoms with E-state index in [0.29, 0.717) is 53.2 Å². The molecule has 0 bridgehead atoms. The fourth-order valence-corrected chi connectivity index (χ4v) is 13.0. The standard InChI is InChI=1S/2C9H15N.C8H8F2.2C8H15F.2C8H13F.C8H9F.C8H16.C8H10.2C6H12O2/c2*1-8-3-5-9(2,7-10)6-4-8;1-5-3-4-6(2)8(10)7(5)9;2*1-7-3-5-8(2,9)6-4-7;3*1-6-3-4-7(2)8(9)5-6;2*1-7-3-5-8(2)6-4-7;2*1-5-3-7-6(2)8-4-5/h2*8H,3-6H2,1-2H3;3-4H,1-2H3;2*7H,3-6H2,1-2H3;2*6H,3-5H2,1-2H3;3-5H,1-2H3;7-8H,3-6H2,1-2H3;3-6H,1-2H3;2*5-6H,3-4H2,1-2H3.